The van der Waals surface area contributed by atoms with Crippen molar-refractivity contribution in [2.45, 2.75) is 39.5 Å². The van der Waals surface area contributed by atoms with Crippen LogP contribution in [0.4, 0.5) is 0 Å². The van der Waals surface area contributed by atoms with Gasteiger partial charge in [-0.15, -0.1) is 0 Å². The molecule has 0 unspecified atom stereocenters. The van der Waals surface area contributed by atoms with Crippen molar-refractivity contribution in [3.05, 3.63) is 0 Å². The van der Waals surface area contributed by atoms with Crippen molar-refractivity contribution in [2.75, 3.05) is 0 Å². The Kier molecular flexibility index (Phi) is 2.47. The second-order valence-corrected chi connectivity index (χ2v) is 3.49. The molecule has 0 atom stereocenters. The smallest absolute Gasteiger partial charge is 0.135 e. The third-order valence-electron chi connectivity index (χ3n) is 2.33. The Balaban J connectivity index is 2.18. The van der Waals surface area contributed by atoms with Crippen LogP contribution in [-0.2, 0) is 4.79 Å². The second kappa shape index (κ2) is 3.18. The molecule has 1 aliphatic rings. The maximum atomic E-state index is 11.2. The molecule has 1 aliphatic carbocycles. The summed E-state index contributed by atoms with van der Waals surface area (Å²) >= 11 is 0. The van der Waals surface area contributed by atoms with Gasteiger partial charge in [-0.3, -0.25) is 4.79 Å². The Morgan fingerprint density at radius 3 is 2.50 bits per heavy atom. The summed E-state index contributed by atoms with van der Waals surface area (Å²) in [5.74, 6) is 1.75. The summed E-state index contributed by atoms with van der Waals surface area (Å²) in [7, 11) is 0. The summed E-state index contributed by atoms with van der Waals surface area (Å²) < 4.78 is 0. The van der Waals surface area contributed by atoms with E-state index in [4.69, 9.17) is 0 Å². The van der Waals surface area contributed by atoms with Crippen LogP contribution in [0.25, 0.3) is 0 Å². The maximum absolute atomic E-state index is 11.2. The van der Waals surface area contributed by atoms with Crippen LogP contribution in [0.5, 0.6) is 0 Å². The van der Waals surface area contributed by atoms with Crippen molar-refractivity contribution in [1.82, 2.24) is 0 Å². The molecule has 1 heteroatoms. The fraction of sp³-hybridized carbons (Fsp3) is 0.889. The minimum absolute atomic E-state index is 0.440. The molecule has 1 saturated carbocycles. The van der Waals surface area contributed by atoms with Gasteiger partial charge in [0.25, 0.3) is 0 Å². The predicted octanol–water partition coefficient (Wildman–Crippen LogP) is 2.40. The largest absolute Gasteiger partial charge is 0.299 e. The molecule has 0 aliphatic heterocycles. The minimum Gasteiger partial charge on any atom is -0.299 e. The number of Topliss-reactive ketones (excluding diaryl/α,β-unsaturated/α-hetero) is 1. The van der Waals surface area contributed by atoms with E-state index in [2.05, 4.69) is 13.8 Å². The van der Waals surface area contributed by atoms with Gasteiger partial charge in [-0.2, -0.15) is 0 Å². The predicted molar refractivity (Wildman–Crippen MR) is 41.8 cm³/mol. The monoisotopic (exact) mass is 140 g/mol. The summed E-state index contributed by atoms with van der Waals surface area (Å²) in [4.78, 5) is 11.2. The fourth-order valence-electron chi connectivity index (χ4n) is 1.62. The standard InChI is InChI=1S/C9H16O/c1-3-4-9(10)8-5-7(2)6-8/h7-8H,3-6H2,1-2H3. The number of hydrogen-bond acceptors (Lipinski definition) is 1. The van der Waals surface area contributed by atoms with Crippen molar-refractivity contribution in [3.8, 4) is 0 Å². The van der Waals surface area contributed by atoms with Crippen LogP contribution < -0.4 is 0 Å². The summed E-state index contributed by atoms with van der Waals surface area (Å²) in [6.07, 6.45) is 4.12. The summed E-state index contributed by atoms with van der Waals surface area (Å²) in [5, 5.41) is 0. The molecule has 0 radical (unpaired) electrons. The highest BCUT2D eigenvalue weighted by atomic mass is 16.1. The molecule has 0 heterocycles. The van der Waals surface area contributed by atoms with Gasteiger partial charge in [-0.05, 0) is 25.2 Å². The van der Waals surface area contributed by atoms with Gasteiger partial charge < -0.3 is 0 Å². The van der Waals surface area contributed by atoms with E-state index in [1.165, 1.54) is 0 Å². The highest BCUT2D eigenvalue weighted by molar-refractivity contribution is 5.81. The molecular formula is C9H16O. The normalized spacial score (nSPS) is 31.4. The van der Waals surface area contributed by atoms with Crippen LogP contribution in [0.3, 0.4) is 0 Å². The molecule has 0 N–H and O–H groups in total. The molecule has 1 nitrogen and oxygen atoms in total. The van der Waals surface area contributed by atoms with E-state index in [0.717, 1.165) is 31.6 Å². The van der Waals surface area contributed by atoms with Crippen molar-refractivity contribution in [3.63, 3.8) is 0 Å². The number of ketones is 1. The zero-order valence-corrected chi connectivity index (χ0v) is 6.89. The van der Waals surface area contributed by atoms with Crippen LogP contribution in [0.2, 0.25) is 0 Å². The molecule has 0 saturated heterocycles. The molecule has 0 bridgehead atoms. The molecule has 10 heavy (non-hydrogen) atoms. The topological polar surface area (TPSA) is 17.1 Å². The molecule has 1 fully saturated rings. The molecule has 0 amide bonds. The Morgan fingerprint density at radius 2 is 2.10 bits per heavy atom. The van der Waals surface area contributed by atoms with Crippen LogP contribution in [0, 0.1) is 11.8 Å². The van der Waals surface area contributed by atoms with Crippen molar-refractivity contribution in [2.24, 2.45) is 11.8 Å². The number of rotatable bonds is 3. The Bertz CT molecular complexity index is 123. The van der Waals surface area contributed by atoms with E-state index in [-0.39, 0.29) is 0 Å². The molecule has 0 spiro atoms. The van der Waals surface area contributed by atoms with Crippen molar-refractivity contribution in [1.29, 1.82) is 0 Å². The first kappa shape index (κ1) is 7.77. The second-order valence-electron chi connectivity index (χ2n) is 3.49. The van der Waals surface area contributed by atoms with Gasteiger partial charge >= 0.3 is 0 Å². The lowest BCUT2D eigenvalue weighted by Crippen LogP contribution is -2.28. The van der Waals surface area contributed by atoms with Crippen molar-refractivity contribution >= 4 is 5.78 Å². The van der Waals surface area contributed by atoms with Crippen LogP contribution in [-0.4, -0.2) is 5.78 Å². The van der Waals surface area contributed by atoms with Gasteiger partial charge in [-0.25, -0.2) is 0 Å². The molecule has 1 rings (SSSR count). The van der Waals surface area contributed by atoms with E-state index in [1.807, 2.05) is 0 Å². The lowest BCUT2D eigenvalue weighted by atomic mass is 9.73. The highest BCUT2D eigenvalue weighted by Gasteiger charge is 2.30. The molecular weight excluding hydrogens is 124 g/mol. The van der Waals surface area contributed by atoms with Crippen LogP contribution >= 0.6 is 0 Å². The van der Waals surface area contributed by atoms with Gasteiger partial charge in [0.1, 0.15) is 5.78 Å². The average molecular weight is 140 g/mol. The third-order valence-corrected chi connectivity index (χ3v) is 2.33. The molecule has 58 valence electrons. The van der Waals surface area contributed by atoms with Crippen molar-refractivity contribution < 1.29 is 4.79 Å². The number of carbonyl (C=O) groups is 1. The van der Waals surface area contributed by atoms with Crippen LogP contribution in [0.1, 0.15) is 39.5 Å². The molecule has 0 aromatic rings. The highest BCUT2D eigenvalue weighted by Crippen LogP contribution is 2.34. The van der Waals surface area contributed by atoms with E-state index in [9.17, 15) is 4.79 Å². The lowest BCUT2D eigenvalue weighted by Gasteiger charge is -2.31. The van der Waals surface area contributed by atoms with E-state index < -0.39 is 0 Å². The number of hydrogen-bond donors (Lipinski definition) is 0. The van der Waals surface area contributed by atoms with Gasteiger partial charge in [0.15, 0.2) is 0 Å². The molecule has 0 aromatic heterocycles. The fourth-order valence-corrected chi connectivity index (χ4v) is 1.62. The van der Waals surface area contributed by atoms with Gasteiger partial charge in [0.2, 0.25) is 0 Å². The summed E-state index contributed by atoms with van der Waals surface area (Å²) in [6, 6.07) is 0. The van der Waals surface area contributed by atoms with E-state index >= 15 is 0 Å². The minimum atomic E-state index is 0.440. The summed E-state index contributed by atoms with van der Waals surface area (Å²) in [6.45, 7) is 4.29. The number of carbonyl (C=O) groups excluding carboxylic acids is 1. The summed E-state index contributed by atoms with van der Waals surface area (Å²) in [5.41, 5.74) is 0. The first-order valence-corrected chi connectivity index (χ1v) is 4.26. The Hall–Kier alpha value is -0.330. The SMILES string of the molecule is CCCC(=O)C1CC(C)C1. The maximum Gasteiger partial charge on any atom is 0.135 e. The quantitative estimate of drug-likeness (QED) is 0.588. The lowest BCUT2D eigenvalue weighted by molar-refractivity contribution is -0.126. The zero-order valence-electron chi connectivity index (χ0n) is 6.89. The van der Waals surface area contributed by atoms with Gasteiger partial charge in [0, 0.05) is 12.3 Å². The van der Waals surface area contributed by atoms with Crippen LogP contribution in [0.15, 0.2) is 0 Å². The van der Waals surface area contributed by atoms with Gasteiger partial charge in [-0.1, -0.05) is 13.8 Å². The van der Waals surface area contributed by atoms with Gasteiger partial charge in [0.05, 0.1) is 0 Å². The van der Waals surface area contributed by atoms with E-state index in [1.54, 1.807) is 0 Å². The third kappa shape index (κ3) is 1.59. The molecule has 0 aromatic carbocycles. The average Bonchev–Trinajstić information content (AvgIpc) is 1.82. The van der Waals surface area contributed by atoms with E-state index in [0.29, 0.717) is 11.7 Å². The Labute approximate surface area is 62.8 Å². The Morgan fingerprint density at radius 1 is 1.50 bits per heavy atom. The first-order chi connectivity index (χ1) is 4.74. The zero-order chi connectivity index (χ0) is 7.56. The first-order valence-electron chi connectivity index (χ1n) is 4.26.